The number of rotatable bonds is 5. The Labute approximate surface area is 105 Å². The Balaban J connectivity index is 2.35. The average molecular weight is 241 g/mol. The van der Waals surface area contributed by atoms with E-state index in [0.29, 0.717) is 11.8 Å². The number of esters is 1. The number of ether oxygens (including phenoxy) is 1. The van der Waals surface area contributed by atoms with Crippen molar-refractivity contribution in [2.75, 3.05) is 0 Å². The normalized spacial score (nSPS) is 21.2. The number of carbonyl (C=O) groups is 1. The van der Waals surface area contributed by atoms with E-state index in [1.165, 1.54) is 19.3 Å². The van der Waals surface area contributed by atoms with E-state index in [4.69, 9.17) is 10.5 Å². The van der Waals surface area contributed by atoms with Gasteiger partial charge in [0, 0.05) is 0 Å². The lowest BCUT2D eigenvalue weighted by Gasteiger charge is -2.27. The van der Waals surface area contributed by atoms with Crippen LogP contribution in [0.1, 0.15) is 59.3 Å². The topological polar surface area (TPSA) is 52.3 Å². The lowest BCUT2D eigenvalue weighted by atomic mass is 9.84. The number of carbonyl (C=O) groups excluding carboxylic acids is 1. The maximum Gasteiger partial charge on any atom is 0.323 e. The minimum atomic E-state index is -0.412. The summed E-state index contributed by atoms with van der Waals surface area (Å²) < 4.78 is 5.41. The third-order valence-electron chi connectivity index (χ3n) is 3.55. The van der Waals surface area contributed by atoms with Crippen LogP contribution in [0.4, 0.5) is 0 Å². The summed E-state index contributed by atoms with van der Waals surface area (Å²) in [6.07, 6.45) is 6.73. The molecular formula is C14H27NO2. The summed E-state index contributed by atoms with van der Waals surface area (Å²) in [5.41, 5.74) is 6.00. The highest BCUT2D eigenvalue weighted by Gasteiger charge is 2.28. The predicted molar refractivity (Wildman–Crippen MR) is 69.6 cm³/mol. The Morgan fingerprint density at radius 2 is 1.82 bits per heavy atom. The number of hydrogen-bond donors (Lipinski definition) is 1. The van der Waals surface area contributed by atoms with E-state index in [1.807, 2.05) is 6.92 Å². The molecule has 1 aliphatic rings. The molecule has 0 amide bonds. The van der Waals surface area contributed by atoms with Gasteiger partial charge in [-0.15, -0.1) is 0 Å². The van der Waals surface area contributed by atoms with Gasteiger partial charge in [0.15, 0.2) is 0 Å². The van der Waals surface area contributed by atoms with Crippen LogP contribution in [0.2, 0.25) is 0 Å². The Morgan fingerprint density at radius 1 is 1.24 bits per heavy atom. The molecule has 0 bridgehead atoms. The molecule has 2 unspecified atom stereocenters. The second-order valence-corrected chi connectivity index (χ2v) is 5.80. The molecule has 1 saturated carbocycles. The lowest BCUT2D eigenvalue weighted by Crippen LogP contribution is -2.41. The summed E-state index contributed by atoms with van der Waals surface area (Å²) in [7, 11) is 0. The third kappa shape index (κ3) is 5.07. The highest BCUT2D eigenvalue weighted by Crippen LogP contribution is 2.26. The van der Waals surface area contributed by atoms with Gasteiger partial charge in [0.05, 0.1) is 6.10 Å². The molecule has 0 radical (unpaired) electrons. The van der Waals surface area contributed by atoms with Crippen molar-refractivity contribution in [1.29, 1.82) is 0 Å². The van der Waals surface area contributed by atoms with Crippen molar-refractivity contribution in [3.8, 4) is 0 Å². The summed E-state index contributed by atoms with van der Waals surface area (Å²) in [6, 6.07) is -0.412. The van der Waals surface area contributed by atoms with Crippen molar-refractivity contribution in [3.63, 3.8) is 0 Å². The van der Waals surface area contributed by atoms with Crippen LogP contribution in [0.15, 0.2) is 0 Å². The molecular weight excluding hydrogens is 214 g/mol. The first-order valence-corrected chi connectivity index (χ1v) is 6.96. The SMILES string of the molecule is CC(C)CC(C)OC(=O)C(N)C1CCCCC1. The molecule has 2 N–H and O–H groups in total. The molecule has 3 nitrogen and oxygen atoms in total. The van der Waals surface area contributed by atoms with Crippen LogP contribution in [0.3, 0.4) is 0 Å². The fourth-order valence-corrected chi connectivity index (χ4v) is 2.67. The van der Waals surface area contributed by atoms with E-state index >= 15 is 0 Å². The van der Waals surface area contributed by atoms with Crippen LogP contribution in [0, 0.1) is 11.8 Å². The summed E-state index contributed by atoms with van der Waals surface area (Å²) in [5.74, 6) is 0.677. The van der Waals surface area contributed by atoms with E-state index in [9.17, 15) is 4.79 Å². The highest BCUT2D eigenvalue weighted by atomic mass is 16.5. The first-order chi connectivity index (χ1) is 8.00. The van der Waals surface area contributed by atoms with Gasteiger partial charge in [-0.1, -0.05) is 33.1 Å². The van der Waals surface area contributed by atoms with Crippen LogP contribution >= 0.6 is 0 Å². The third-order valence-corrected chi connectivity index (χ3v) is 3.55. The Bertz CT molecular complexity index is 234. The molecule has 3 heteroatoms. The Morgan fingerprint density at radius 3 is 2.35 bits per heavy atom. The zero-order valence-electron chi connectivity index (χ0n) is 11.4. The maximum absolute atomic E-state index is 11.9. The Kier molecular flexibility index (Phi) is 5.96. The fourth-order valence-electron chi connectivity index (χ4n) is 2.67. The van der Waals surface area contributed by atoms with Gasteiger partial charge < -0.3 is 10.5 Å². The molecule has 2 atom stereocenters. The first-order valence-electron chi connectivity index (χ1n) is 6.96. The second kappa shape index (κ2) is 7.00. The van der Waals surface area contributed by atoms with Crippen LogP contribution in [-0.2, 0) is 9.53 Å². The molecule has 0 aliphatic heterocycles. The van der Waals surface area contributed by atoms with Gasteiger partial charge in [0.25, 0.3) is 0 Å². The minimum Gasteiger partial charge on any atom is -0.461 e. The van der Waals surface area contributed by atoms with Crippen molar-refractivity contribution >= 4 is 5.97 Å². The zero-order chi connectivity index (χ0) is 12.8. The summed E-state index contributed by atoms with van der Waals surface area (Å²) in [4.78, 5) is 11.9. The maximum atomic E-state index is 11.9. The first kappa shape index (κ1) is 14.5. The lowest BCUT2D eigenvalue weighted by molar-refractivity contribution is -0.152. The van der Waals surface area contributed by atoms with Crippen LogP contribution in [-0.4, -0.2) is 18.1 Å². The quantitative estimate of drug-likeness (QED) is 0.753. The van der Waals surface area contributed by atoms with Crippen molar-refractivity contribution in [2.45, 2.75) is 71.4 Å². The van der Waals surface area contributed by atoms with Gasteiger partial charge in [0.2, 0.25) is 0 Å². The van der Waals surface area contributed by atoms with Crippen LogP contribution in [0.25, 0.3) is 0 Å². The van der Waals surface area contributed by atoms with Crippen molar-refractivity contribution < 1.29 is 9.53 Å². The molecule has 1 rings (SSSR count). The predicted octanol–water partition coefficient (Wildman–Crippen LogP) is 2.87. The molecule has 1 fully saturated rings. The molecule has 1 aliphatic carbocycles. The van der Waals surface area contributed by atoms with E-state index in [1.54, 1.807) is 0 Å². The molecule has 0 aromatic heterocycles. The summed E-state index contributed by atoms with van der Waals surface area (Å²) >= 11 is 0. The molecule has 100 valence electrons. The molecule has 0 spiro atoms. The monoisotopic (exact) mass is 241 g/mol. The molecule has 0 aromatic carbocycles. The van der Waals surface area contributed by atoms with Gasteiger partial charge in [-0.25, -0.2) is 0 Å². The summed E-state index contributed by atoms with van der Waals surface area (Å²) in [5, 5.41) is 0. The van der Waals surface area contributed by atoms with E-state index in [0.717, 1.165) is 19.3 Å². The van der Waals surface area contributed by atoms with E-state index < -0.39 is 6.04 Å². The van der Waals surface area contributed by atoms with Crippen molar-refractivity contribution in [1.82, 2.24) is 0 Å². The molecule has 0 saturated heterocycles. The zero-order valence-corrected chi connectivity index (χ0v) is 11.4. The minimum absolute atomic E-state index is 0.0165. The van der Waals surface area contributed by atoms with Crippen LogP contribution < -0.4 is 5.73 Å². The largest absolute Gasteiger partial charge is 0.461 e. The highest BCUT2D eigenvalue weighted by molar-refractivity contribution is 5.76. The molecule has 17 heavy (non-hydrogen) atoms. The van der Waals surface area contributed by atoms with Gasteiger partial charge in [0.1, 0.15) is 6.04 Å². The fraction of sp³-hybridized carbons (Fsp3) is 0.929. The van der Waals surface area contributed by atoms with E-state index in [-0.39, 0.29) is 12.1 Å². The van der Waals surface area contributed by atoms with Gasteiger partial charge in [-0.05, 0) is 38.0 Å². The number of hydrogen-bond acceptors (Lipinski definition) is 3. The summed E-state index contributed by atoms with van der Waals surface area (Å²) in [6.45, 7) is 6.21. The molecule has 0 heterocycles. The molecule has 0 aromatic rings. The smallest absolute Gasteiger partial charge is 0.323 e. The number of nitrogens with two attached hydrogens (primary N) is 1. The average Bonchev–Trinajstić information content (AvgIpc) is 2.28. The second-order valence-electron chi connectivity index (χ2n) is 5.80. The van der Waals surface area contributed by atoms with Gasteiger partial charge in [-0.2, -0.15) is 0 Å². The van der Waals surface area contributed by atoms with Crippen molar-refractivity contribution in [2.24, 2.45) is 17.6 Å². The van der Waals surface area contributed by atoms with Crippen LogP contribution in [0.5, 0.6) is 0 Å². The van der Waals surface area contributed by atoms with Gasteiger partial charge in [-0.3, -0.25) is 4.79 Å². The van der Waals surface area contributed by atoms with Gasteiger partial charge >= 0.3 is 5.97 Å². The van der Waals surface area contributed by atoms with E-state index in [2.05, 4.69) is 13.8 Å². The Hall–Kier alpha value is -0.570. The van der Waals surface area contributed by atoms with Crippen molar-refractivity contribution in [3.05, 3.63) is 0 Å². The standard InChI is InChI=1S/C14H27NO2/c1-10(2)9-11(3)17-14(16)13(15)12-7-5-4-6-8-12/h10-13H,4-9,15H2,1-3H3.